The highest BCUT2D eigenvalue weighted by atomic mass is 19.1. The molecular formula is C29H33FN6O2. The molecule has 4 rings (SSSR count). The van der Waals surface area contributed by atoms with Gasteiger partial charge in [0.1, 0.15) is 11.5 Å². The molecule has 0 radical (unpaired) electrons. The van der Waals surface area contributed by atoms with Crippen molar-refractivity contribution in [3.63, 3.8) is 0 Å². The summed E-state index contributed by atoms with van der Waals surface area (Å²) in [5, 5.41) is 2.99. The molecule has 0 atom stereocenters. The Labute approximate surface area is 222 Å². The van der Waals surface area contributed by atoms with E-state index in [2.05, 4.69) is 33.2 Å². The summed E-state index contributed by atoms with van der Waals surface area (Å²) in [6, 6.07) is 6.54. The van der Waals surface area contributed by atoms with E-state index in [0.717, 1.165) is 46.9 Å². The summed E-state index contributed by atoms with van der Waals surface area (Å²) >= 11 is 0. The number of nitrogens with zero attached hydrogens (tertiary/aromatic N) is 5. The second-order valence-corrected chi connectivity index (χ2v) is 9.66. The third-order valence-electron chi connectivity index (χ3n) is 6.59. The van der Waals surface area contributed by atoms with Crippen molar-refractivity contribution in [1.82, 2.24) is 24.3 Å². The number of amides is 1. The number of nitrogens with one attached hydrogen (secondary N) is 1. The molecule has 0 aromatic carbocycles. The zero-order valence-electron chi connectivity index (χ0n) is 22.5. The molecule has 1 N–H and O–H groups in total. The van der Waals surface area contributed by atoms with Gasteiger partial charge in [0.2, 0.25) is 0 Å². The van der Waals surface area contributed by atoms with E-state index < -0.39 is 5.82 Å². The Balaban J connectivity index is 1.50. The van der Waals surface area contributed by atoms with Crippen LogP contribution in [0.15, 0.2) is 59.3 Å². The van der Waals surface area contributed by atoms with Crippen LogP contribution in [0.25, 0.3) is 17.3 Å². The highest BCUT2D eigenvalue weighted by Crippen LogP contribution is 2.25. The highest BCUT2D eigenvalue weighted by molar-refractivity contribution is 5.93. The molecule has 0 saturated carbocycles. The van der Waals surface area contributed by atoms with Gasteiger partial charge in [-0.25, -0.2) is 4.39 Å². The zero-order chi connectivity index (χ0) is 27.4. The third-order valence-corrected chi connectivity index (χ3v) is 6.59. The van der Waals surface area contributed by atoms with Gasteiger partial charge in [0, 0.05) is 82.4 Å². The molecule has 0 aliphatic carbocycles. The van der Waals surface area contributed by atoms with Crippen LogP contribution in [0.4, 0.5) is 10.1 Å². The van der Waals surface area contributed by atoms with Crippen LogP contribution in [0.1, 0.15) is 40.7 Å². The first kappa shape index (κ1) is 26.9. The van der Waals surface area contributed by atoms with Crippen LogP contribution in [0.2, 0.25) is 0 Å². The fraction of sp³-hybridized carbons (Fsp3) is 0.310. The van der Waals surface area contributed by atoms with Gasteiger partial charge in [-0.2, -0.15) is 0 Å². The minimum Gasteiger partial charge on any atom is -0.388 e. The summed E-state index contributed by atoms with van der Waals surface area (Å²) < 4.78 is 16.4. The maximum absolute atomic E-state index is 14.8. The molecule has 0 fully saturated rings. The Morgan fingerprint density at radius 3 is 2.66 bits per heavy atom. The van der Waals surface area contributed by atoms with Gasteiger partial charge in [-0.05, 0) is 44.0 Å². The molecule has 1 amide bonds. The molecule has 8 nitrogen and oxygen atoms in total. The quantitative estimate of drug-likeness (QED) is 0.511. The number of rotatable bonds is 7. The van der Waals surface area contributed by atoms with Crippen LogP contribution in [-0.2, 0) is 0 Å². The molecule has 38 heavy (non-hydrogen) atoms. The van der Waals surface area contributed by atoms with Crippen molar-refractivity contribution < 1.29 is 9.18 Å². The van der Waals surface area contributed by atoms with Crippen molar-refractivity contribution in [2.24, 2.45) is 0 Å². The Bertz CT molecular complexity index is 1470. The van der Waals surface area contributed by atoms with Gasteiger partial charge in [-0.1, -0.05) is 17.7 Å². The molecule has 3 aromatic heterocycles. The summed E-state index contributed by atoms with van der Waals surface area (Å²) in [4.78, 5) is 37.2. The summed E-state index contributed by atoms with van der Waals surface area (Å²) in [5.74, 6) is -0.757. The van der Waals surface area contributed by atoms with E-state index in [4.69, 9.17) is 0 Å². The largest absolute Gasteiger partial charge is 0.388 e. The average Bonchev–Trinajstić information content (AvgIpc) is 2.90. The Morgan fingerprint density at radius 1 is 1.24 bits per heavy atom. The van der Waals surface area contributed by atoms with Crippen molar-refractivity contribution in [1.29, 1.82) is 0 Å². The number of pyridine rings is 3. The van der Waals surface area contributed by atoms with Crippen LogP contribution >= 0.6 is 0 Å². The van der Waals surface area contributed by atoms with Crippen molar-refractivity contribution in [2.45, 2.75) is 20.3 Å². The third kappa shape index (κ3) is 5.89. The predicted molar refractivity (Wildman–Crippen MR) is 149 cm³/mol. The molecule has 0 bridgehead atoms. The van der Waals surface area contributed by atoms with Gasteiger partial charge in [-0.3, -0.25) is 29.0 Å². The number of carbonyl (C=O) groups is 1. The molecule has 4 heterocycles. The molecule has 0 unspecified atom stereocenters. The van der Waals surface area contributed by atoms with E-state index in [-0.39, 0.29) is 17.0 Å². The maximum atomic E-state index is 14.8. The molecule has 3 aromatic rings. The number of aromatic nitrogens is 3. The van der Waals surface area contributed by atoms with E-state index in [1.807, 2.05) is 25.1 Å². The van der Waals surface area contributed by atoms with Gasteiger partial charge in [0.05, 0.1) is 11.3 Å². The molecule has 1 aliphatic heterocycles. The molecule has 9 heteroatoms. The lowest BCUT2D eigenvalue weighted by Crippen LogP contribution is -2.30. The Kier molecular flexibility index (Phi) is 8.16. The van der Waals surface area contributed by atoms with E-state index >= 15 is 0 Å². The summed E-state index contributed by atoms with van der Waals surface area (Å²) in [7, 11) is 5.03. The number of aryl methyl sites for hydroxylation is 1. The van der Waals surface area contributed by atoms with Crippen LogP contribution < -0.4 is 10.9 Å². The van der Waals surface area contributed by atoms with Crippen molar-refractivity contribution in [3.05, 3.63) is 93.2 Å². The van der Waals surface area contributed by atoms with Crippen LogP contribution in [0.5, 0.6) is 0 Å². The van der Waals surface area contributed by atoms with Crippen LogP contribution in [0, 0.1) is 12.7 Å². The molecule has 0 saturated heterocycles. The number of hydrogen-bond acceptors (Lipinski definition) is 6. The van der Waals surface area contributed by atoms with Gasteiger partial charge >= 0.3 is 0 Å². The van der Waals surface area contributed by atoms with Crippen LogP contribution in [-0.4, -0.2) is 71.0 Å². The van der Waals surface area contributed by atoms with Gasteiger partial charge in [0.15, 0.2) is 0 Å². The van der Waals surface area contributed by atoms with Gasteiger partial charge in [-0.15, -0.1) is 0 Å². The van der Waals surface area contributed by atoms with E-state index in [1.165, 1.54) is 17.2 Å². The zero-order valence-corrected chi connectivity index (χ0v) is 22.5. The van der Waals surface area contributed by atoms with Crippen molar-refractivity contribution in [3.8, 4) is 5.69 Å². The standard InChI is InChI=1S/C29H33FN6O2/c1-19(14-24-20(2)32-10-6-26(24)36-13-9-23(31-3)16-27(36)37)18-35-11-7-21(8-12-35)28-25(30)15-22(17-33-28)29(38)34(4)5/h6-7,9-10,13-17,31H,8,11-12,18H2,1-5H3/b19-14+. The van der Waals surface area contributed by atoms with Gasteiger partial charge < -0.3 is 10.2 Å². The number of carbonyl (C=O) groups excluding carboxylic acids is 1. The SMILES string of the molecule is CNc1ccn(-c2ccnc(C)c2/C=C(\C)CN2CC=C(c3ncc(C(=O)N(C)C)cc3F)CC2)c(=O)c1. The van der Waals surface area contributed by atoms with Crippen molar-refractivity contribution in [2.75, 3.05) is 46.1 Å². The molecule has 1 aliphatic rings. The molecular weight excluding hydrogens is 483 g/mol. The minimum atomic E-state index is -0.481. The first-order valence-corrected chi connectivity index (χ1v) is 12.5. The fourth-order valence-electron chi connectivity index (χ4n) is 4.55. The lowest BCUT2D eigenvalue weighted by molar-refractivity contribution is 0.0826. The summed E-state index contributed by atoms with van der Waals surface area (Å²) in [6.07, 6.45) is 9.65. The second kappa shape index (κ2) is 11.5. The maximum Gasteiger partial charge on any atom is 0.257 e. The fourth-order valence-corrected chi connectivity index (χ4v) is 4.55. The number of hydrogen-bond donors (Lipinski definition) is 1. The summed E-state index contributed by atoms with van der Waals surface area (Å²) in [6.45, 7) is 6.12. The first-order valence-electron chi connectivity index (χ1n) is 12.5. The highest BCUT2D eigenvalue weighted by Gasteiger charge is 2.19. The first-order chi connectivity index (χ1) is 18.2. The van der Waals surface area contributed by atoms with Crippen molar-refractivity contribution >= 4 is 23.2 Å². The van der Waals surface area contributed by atoms with E-state index in [1.54, 1.807) is 44.2 Å². The lowest BCUT2D eigenvalue weighted by atomic mass is 10.0. The topological polar surface area (TPSA) is 83.4 Å². The Morgan fingerprint density at radius 2 is 2.03 bits per heavy atom. The lowest BCUT2D eigenvalue weighted by Gasteiger charge is -2.26. The Hall–Kier alpha value is -4.11. The van der Waals surface area contributed by atoms with Crippen LogP contribution in [0.3, 0.4) is 0 Å². The minimum absolute atomic E-state index is 0.122. The molecule has 0 spiro atoms. The second-order valence-electron chi connectivity index (χ2n) is 9.66. The number of halogens is 1. The monoisotopic (exact) mass is 516 g/mol. The van der Waals surface area contributed by atoms with E-state index in [9.17, 15) is 14.0 Å². The van der Waals surface area contributed by atoms with Gasteiger partial charge in [0.25, 0.3) is 11.5 Å². The number of anilines is 1. The normalized spacial score (nSPS) is 14.3. The summed E-state index contributed by atoms with van der Waals surface area (Å²) in [5.41, 5.74) is 5.66. The average molecular weight is 517 g/mol. The van der Waals surface area contributed by atoms with E-state index in [0.29, 0.717) is 18.7 Å². The molecule has 198 valence electrons. The smallest absolute Gasteiger partial charge is 0.257 e. The predicted octanol–water partition coefficient (Wildman–Crippen LogP) is 4.01.